The summed E-state index contributed by atoms with van der Waals surface area (Å²) in [7, 11) is 0. The Kier molecular flexibility index (Phi) is 4.50. The second kappa shape index (κ2) is 4.88. The highest BCUT2D eigenvalue weighted by molar-refractivity contribution is 5.96. The first-order valence-electron chi connectivity index (χ1n) is 3.60. The molecule has 1 radical (unpaired) electrons. The number of hydrogen-bond donors (Lipinski definition) is 1. The molecule has 0 aromatic rings. The van der Waals surface area contributed by atoms with Gasteiger partial charge in [0.2, 0.25) is 0 Å². The van der Waals surface area contributed by atoms with Gasteiger partial charge in [-0.15, -0.1) is 0 Å². The van der Waals surface area contributed by atoms with Crippen molar-refractivity contribution in [1.29, 1.82) is 0 Å². The molecule has 0 saturated carbocycles. The van der Waals surface area contributed by atoms with E-state index in [-0.39, 0.29) is 5.78 Å². The maximum Gasteiger partial charge on any atom is 0.314 e. The maximum atomic E-state index is 10.7. The van der Waals surface area contributed by atoms with Crippen LogP contribution in [0.5, 0.6) is 0 Å². The van der Waals surface area contributed by atoms with E-state index in [9.17, 15) is 9.59 Å². The minimum atomic E-state index is -1.01. The highest BCUT2D eigenvalue weighted by Crippen LogP contribution is 2.08. The van der Waals surface area contributed by atoms with Gasteiger partial charge in [-0.3, -0.25) is 9.59 Å². The minimum absolute atomic E-state index is 0.264. The topological polar surface area (TPSA) is 54.4 Å². The zero-order valence-electron chi connectivity index (χ0n) is 6.83. The second-order valence-corrected chi connectivity index (χ2v) is 2.49. The number of hydrogen-bond acceptors (Lipinski definition) is 2. The van der Waals surface area contributed by atoms with Gasteiger partial charge in [0.15, 0.2) is 0 Å². The molecule has 11 heavy (non-hydrogen) atoms. The molecule has 0 rings (SSSR count). The summed E-state index contributed by atoms with van der Waals surface area (Å²) in [5, 5.41) is 8.54. The lowest BCUT2D eigenvalue weighted by Crippen LogP contribution is -2.21. The Morgan fingerprint density at radius 1 is 1.55 bits per heavy atom. The highest BCUT2D eigenvalue weighted by atomic mass is 16.4. The smallest absolute Gasteiger partial charge is 0.314 e. The van der Waals surface area contributed by atoms with Crippen LogP contribution in [0.25, 0.3) is 0 Å². The summed E-state index contributed by atoms with van der Waals surface area (Å²) in [6.07, 6.45) is 2.95. The molecule has 63 valence electrons. The fourth-order valence-electron chi connectivity index (χ4n) is 0.834. The summed E-state index contributed by atoms with van der Waals surface area (Å²) in [5.74, 6) is -2.09. The van der Waals surface area contributed by atoms with Gasteiger partial charge in [-0.1, -0.05) is 6.92 Å². The van der Waals surface area contributed by atoms with E-state index < -0.39 is 11.9 Å². The molecule has 0 aliphatic heterocycles. The second-order valence-electron chi connectivity index (χ2n) is 2.49. The van der Waals surface area contributed by atoms with Gasteiger partial charge in [-0.05, 0) is 26.2 Å². The molecule has 0 aliphatic rings. The normalized spacial score (nSPS) is 12.5. The summed E-state index contributed by atoms with van der Waals surface area (Å²) in [5.41, 5.74) is 0. The Morgan fingerprint density at radius 2 is 2.09 bits per heavy atom. The van der Waals surface area contributed by atoms with Gasteiger partial charge >= 0.3 is 5.97 Å². The molecule has 1 N–H and O–H groups in total. The standard InChI is InChI=1S/C8H13O3/c1-3-4-5-7(6(2)9)8(10)11/h3,7H,4-5H2,1-2H3,(H,10,11). The third-order valence-corrected chi connectivity index (χ3v) is 1.53. The van der Waals surface area contributed by atoms with E-state index in [1.165, 1.54) is 6.92 Å². The van der Waals surface area contributed by atoms with Crippen molar-refractivity contribution in [1.82, 2.24) is 0 Å². The molecule has 0 saturated heterocycles. The lowest BCUT2D eigenvalue weighted by atomic mass is 9.99. The fourth-order valence-corrected chi connectivity index (χ4v) is 0.834. The SMILES string of the molecule is C[CH]CCC(C(C)=O)C(=O)O. The van der Waals surface area contributed by atoms with Crippen LogP contribution in [0.2, 0.25) is 0 Å². The number of Topliss-reactive ketones (excluding diaryl/α,β-unsaturated/α-hetero) is 1. The Balaban J connectivity index is 3.90. The van der Waals surface area contributed by atoms with E-state index in [0.29, 0.717) is 12.8 Å². The maximum absolute atomic E-state index is 10.7. The van der Waals surface area contributed by atoms with Crippen molar-refractivity contribution < 1.29 is 14.7 Å². The molecule has 3 heteroatoms. The van der Waals surface area contributed by atoms with Crippen LogP contribution in [-0.4, -0.2) is 16.9 Å². The van der Waals surface area contributed by atoms with Crippen molar-refractivity contribution in [2.24, 2.45) is 5.92 Å². The number of carboxylic acids is 1. The summed E-state index contributed by atoms with van der Waals surface area (Å²) in [6, 6.07) is 0. The Morgan fingerprint density at radius 3 is 2.36 bits per heavy atom. The summed E-state index contributed by atoms with van der Waals surface area (Å²) >= 11 is 0. The van der Waals surface area contributed by atoms with Crippen molar-refractivity contribution in [3.05, 3.63) is 6.42 Å². The van der Waals surface area contributed by atoms with E-state index >= 15 is 0 Å². The van der Waals surface area contributed by atoms with Gasteiger partial charge in [-0.2, -0.15) is 0 Å². The first-order valence-corrected chi connectivity index (χ1v) is 3.60. The molecule has 0 amide bonds. The highest BCUT2D eigenvalue weighted by Gasteiger charge is 2.20. The lowest BCUT2D eigenvalue weighted by molar-refractivity contribution is -0.145. The number of rotatable bonds is 5. The number of carbonyl (C=O) groups is 2. The van der Waals surface area contributed by atoms with Crippen LogP contribution in [-0.2, 0) is 9.59 Å². The predicted octanol–water partition coefficient (Wildman–Crippen LogP) is 1.28. The van der Waals surface area contributed by atoms with Crippen LogP contribution in [0.3, 0.4) is 0 Å². The Hall–Kier alpha value is -0.860. The Bertz CT molecular complexity index is 137. The molecule has 0 bridgehead atoms. The third-order valence-electron chi connectivity index (χ3n) is 1.53. The number of carboxylic acid groups (broad SMARTS) is 1. The first-order chi connectivity index (χ1) is 5.09. The zero-order chi connectivity index (χ0) is 8.85. The van der Waals surface area contributed by atoms with Gasteiger partial charge in [0.1, 0.15) is 11.7 Å². The molecule has 0 fully saturated rings. The van der Waals surface area contributed by atoms with E-state index in [1.807, 2.05) is 13.3 Å². The lowest BCUT2D eigenvalue weighted by Gasteiger charge is -2.05. The molecular weight excluding hydrogens is 144 g/mol. The van der Waals surface area contributed by atoms with Crippen LogP contribution >= 0.6 is 0 Å². The molecule has 1 atom stereocenters. The molecule has 0 aromatic heterocycles. The fraction of sp³-hybridized carbons (Fsp3) is 0.625. The van der Waals surface area contributed by atoms with Crippen molar-refractivity contribution in [2.75, 3.05) is 0 Å². The molecular formula is C8H13O3. The average Bonchev–Trinajstić information content (AvgIpc) is 1.87. The van der Waals surface area contributed by atoms with Crippen LogP contribution < -0.4 is 0 Å². The van der Waals surface area contributed by atoms with E-state index in [2.05, 4.69) is 0 Å². The third kappa shape index (κ3) is 3.75. The number of carbonyl (C=O) groups excluding carboxylic acids is 1. The van der Waals surface area contributed by atoms with Crippen molar-refractivity contribution in [3.63, 3.8) is 0 Å². The molecule has 3 nitrogen and oxygen atoms in total. The molecule has 0 aliphatic carbocycles. The molecule has 0 aromatic carbocycles. The number of unbranched alkanes of at least 4 members (excludes halogenated alkanes) is 1. The molecule has 0 spiro atoms. The van der Waals surface area contributed by atoms with E-state index in [4.69, 9.17) is 5.11 Å². The molecule has 0 heterocycles. The quantitative estimate of drug-likeness (QED) is 0.611. The van der Waals surface area contributed by atoms with Crippen LogP contribution in [0.15, 0.2) is 0 Å². The monoisotopic (exact) mass is 157 g/mol. The van der Waals surface area contributed by atoms with Gasteiger partial charge < -0.3 is 5.11 Å². The van der Waals surface area contributed by atoms with Crippen molar-refractivity contribution in [3.8, 4) is 0 Å². The zero-order valence-corrected chi connectivity index (χ0v) is 6.83. The predicted molar refractivity (Wildman–Crippen MR) is 41.0 cm³/mol. The van der Waals surface area contributed by atoms with Crippen molar-refractivity contribution in [2.45, 2.75) is 26.7 Å². The molecule has 1 unspecified atom stereocenters. The first kappa shape index (κ1) is 10.1. The number of aliphatic carboxylic acids is 1. The van der Waals surface area contributed by atoms with Crippen LogP contribution in [0.4, 0.5) is 0 Å². The summed E-state index contributed by atoms with van der Waals surface area (Å²) in [6.45, 7) is 3.16. The Labute approximate surface area is 66.4 Å². The van der Waals surface area contributed by atoms with Gasteiger partial charge in [0.25, 0.3) is 0 Å². The van der Waals surface area contributed by atoms with E-state index in [0.717, 1.165) is 0 Å². The van der Waals surface area contributed by atoms with E-state index in [1.54, 1.807) is 0 Å². The average molecular weight is 157 g/mol. The van der Waals surface area contributed by atoms with Gasteiger partial charge in [0.05, 0.1) is 0 Å². The van der Waals surface area contributed by atoms with Crippen molar-refractivity contribution >= 4 is 11.8 Å². The van der Waals surface area contributed by atoms with Crippen LogP contribution in [0, 0.1) is 12.3 Å². The van der Waals surface area contributed by atoms with Gasteiger partial charge in [-0.25, -0.2) is 0 Å². The van der Waals surface area contributed by atoms with Gasteiger partial charge in [0, 0.05) is 0 Å². The number of ketones is 1. The summed E-state index contributed by atoms with van der Waals surface area (Å²) < 4.78 is 0. The minimum Gasteiger partial charge on any atom is -0.481 e. The summed E-state index contributed by atoms with van der Waals surface area (Å²) in [4.78, 5) is 21.1. The van der Waals surface area contributed by atoms with Crippen LogP contribution in [0.1, 0.15) is 26.7 Å². The largest absolute Gasteiger partial charge is 0.481 e.